The first-order valence-electron chi connectivity index (χ1n) is 18.6. The molecule has 3 aromatic rings. The van der Waals surface area contributed by atoms with Gasteiger partial charge in [0.25, 0.3) is 11.8 Å². The quantitative estimate of drug-likeness (QED) is 0.0610. The second-order valence-electron chi connectivity index (χ2n) is 13.0. The molecular weight excluding hydrogens is 933 g/mol. The third-order valence-electron chi connectivity index (χ3n) is 8.64. The smallest absolute Gasteiger partial charge is 0.412 e. The number of thioether (sulfide) groups is 4. The molecule has 23 heteroatoms. The van der Waals surface area contributed by atoms with Crippen molar-refractivity contribution in [3.63, 3.8) is 0 Å². The number of carbonyl (C=O) groups is 7. The second kappa shape index (κ2) is 21.0. The van der Waals surface area contributed by atoms with E-state index in [2.05, 4.69) is 23.8 Å². The van der Waals surface area contributed by atoms with Gasteiger partial charge in [0.1, 0.15) is 18.8 Å². The summed E-state index contributed by atoms with van der Waals surface area (Å²) in [7, 11) is -3.28. The number of rotatable bonds is 16. The van der Waals surface area contributed by atoms with E-state index in [-0.39, 0.29) is 84.5 Å². The van der Waals surface area contributed by atoms with Gasteiger partial charge in [-0.15, -0.1) is 0 Å². The second-order valence-corrected chi connectivity index (χ2v) is 19.6. The zero-order valence-corrected chi connectivity index (χ0v) is 37.8. The zero-order chi connectivity index (χ0) is 46.1. The van der Waals surface area contributed by atoms with Gasteiger partial charge in [0.2, 0.25) is 0 Å². The highest BCUT2D eigenvalue weighted by Gasteiger charge is 2.47. The number of benzene rings is 3. The summed E-state index contributed by atoms with van der Waals surface area (Å²) in [5, 5.41) is 7.55. The average molecular weight is 969 g/mol. The van der Waals surface area contributed by atoms with Gasteiger partial charge >= 0.3 is 30.1 Å². The molecule has 3 aromatic carbocycles. The molecule has 2 N–H and O–H groups in total. The fraction of sp³-hybridized carbons (Fsp3) is 0.195. The maximum absolute atomic E-state index is 14.5. The van der Waals surface area contributed by atoms with Crippen molar-refractivity contribution in [3.8, 4) is 11.5 Å². The molecule has 0 radical (unpaired) electrons. The first-order valence-corrected chi connectivity index (χ1v) is 23.7. The minimum absolute atomic E-state index is 0.0135. The minimum Gasteiger partial charge on any atom is -0.465 e. The molecule has 0 spiro atoms. The van der Waals surface area contributed by atoms with E-state index in [1.165, 1.54) is 10.0 Å². The van der Waals surface area contributed by atoms with Crippen LogP contribution in [0.5, 0.6) is 11.5 Å². The number of ether oxygens (including phenoxy) is 5. The third-order valence-corrected chi connectivity index (χ3v) is 15.2. The topological polar surface area (TPSA) is 230 Å². The lowest BCUT2D eigenvalue weighted by Gasteiger charge is -2.27. The number of hydrogen-bond donors (Lipinski definition) is 2. The molecule has 3 heterocycles. The number of carbonyl (C=O) groups excluding carboxylic acids is 7. The van der Waals surface area contributed by atoms with E-state index < -0.39 is 56.7 Å². The Hall–Kier alpha value is -6.14. The number of methoxy groups -OCH3 is 1. The van der Waals surface area contributed by atoms with Crippen molar-refractivity contribution in [3.05, 3.63) is 116 Å². The molecular formula is C41H36N4O14S5. The Kier molecular flexibility index (Phi) is 15.6. The predicted molar refractivity (Wildman–Crippen MR) is 235 cm³/mol. The molecule has 334 valence electrons. The standard InChI is InChI=1S/C41H36N4O14S5/c1-5-25(46)56-19-17-42-40(51)58-28-30-31(29(59-41(52)43-18-20-57-26(47)6-2)33-32(28)62-39(63-33)34(37(50)55-3)64(4,53)54)61-38(60-30)27-35(48)44(21-23-13-9-7-10-14-23)45(36(27)49)22-24-15-11-8-12-16-24/h5-16H,1-2,17-22H2,3-4H3,(H,42,51)(H,43,52). The van der Waals surface area contributed by atoms with Gasteiger partial charge in [0, 0.05) is 18.4 Å². The number of hydrazine groups is 1. The largest absolute Gasteiger partial charge is 0.465 e. The summed E-state index contributed by atoms with van der Waals surface area (Å²) in [5.74, 6) is -4.39. The maximum Gasteiger partial charge on any atom is 0.412 e. The highest BCUT2D eigenvalue weighted by atomic mass is 32.2. The summed E-state index contributed by atoms with van der Waals surface area (Å²) in [6.45, 7) is 5.75. The van der Waals surface area contributed by atoms with Crippen molar-refractivity contribution in [1.82, 2.24) is 20.7 Å². The highest BCUT2D eigenvalue weighted by Crippen LogP contribution is 2.69. The molecule has 1 saturated heterocycles. The Balaban J connectivity index is 1.47. The van der Waals surface area contributed by atoms with Crippen molar-refractivity contribution < 1.29 is 65.7 Å². The molecule has 3 aliphatic heterocycles. The van der Waals surface area contributed by atoms with E-state index in [0.717, 1.165) is 60.2 Å². The van der Waals surface area contributed by atoms with Crippen LogP contribution in [0.15, 0.2) is 125 Å². The molecule has 0 atom stereocenters. The molecule has 0 unspecified atom stereocenters. The van der Waals surface area contributed by atoms with Crippen LogP contribution in [0.4, 0.5) is 9.59 Å². The number of nitrogens with one attached hydrogen (secondary N) is 2. The number of fused-ring (bicyclic) bond motifs is 2. The highest BCUT2D eigenvalue weighted by molar-refractivity contribution is 8.26. The van der Waals surface area contributed by atoms with Crippen LogP contribution in [0.3, 0.4) is 0 Å². The number of nitrogens with zero attached hydrogens (tertiary/aromatic N) is 2. The number of sulfone groups is 1. The molecule has 64 heavy (non-hydrogen) atoms. The minimum atomic E-state index is -4.27. The van der Waals surface area contributed by atoms with Crippen LogP contribution in [0.1, 0.15) is 11.1 Å². The number of amides is 4. The van der Waals surface area contributed by atoms with Crippen LogP contribution in [0.2, 0.25) is 0 Å². The summed E-state index contributed by atoms with van der Waals surface area (Å²) >= 11 is 3.11. The van der Waals surface area contributed by atoms with Gasteiger partial charge in [-0.25, -0.2) is 42.4 Å². The maximum atomic E-state index is 14.5. The van der Waals surface area contributed by atoms with E-state index in [9.17, 15) is 42.0 Å². The van der Waals surface area contributed by atoms with Gasteiger partial charge in [0.05, 0.1) is 61.3 Å². The number of hydrogen-bond acceptors (Lipinski definition) is 18. The van der Waals surface area contributed by atoms with Gasteiger partial charge in [-0.3, -0.25) is 9.59 Å². The van der Waals surface area contributed by atoms with E-state index in [0.29, 0.717) is 23.5 Å². The Morgan fingerprint density at radius 1 is 0.672 bits per heavy atom. The molecule has 0 aliphatic carbocycles. The lowest BCUT2D eigenvalue weighted by molar-refractivity contribution is -0.149. The van der Waals surface area contributed by atoms with Gasteiger partial charge in [-0.05, 0) is 11.1 Å². The summed E-state index contributed by atoms with van der Waals surface area (Å²) in [6.07, 6.45) is 0.539. The fourth-order valence-electron chi connectivity index (χ4n) is 5.82. The molecule has 6 rings (SSSR count). The summed E-state index contributed by atoms with van der Waals surface area (Å²) in [6, 6.07) is 18.1. The first kappa shape index (κ1) is 47.3. The number of esters is 3. The van der Waals surface area contributed by atoms with E-state index >= 15 is 0 Å². The molecule has 0 bridgehead atoms. The summed E-state index contributed by atoms with van der Waals surface area (Å²) in [5.41, 5.74) is 1.24. The van der Waals surface area contributed by atoms with Crippen LogP contribution < -0.4 is 20.1 Å². The van der Waals surface area contributed by atoms with Gasteiger partial charge in [0.15, 0.2) is 26.2 Å². The summed E-state index contributed by atoms with van der Waals surface area (Å²) in [4.78, 5) is 91.4. The first-order chi connectivity index (χ1) is 30.6. The van der Waals surface area contributed by atoms with E-state index in [1.807, 2.05) is 36.4 Å². The lowest BCUT2D eigenvalue weighted by atomic mass is 10.2. The monoisotopic (exact) mass is 968 g/mol. The van der Waals surface area contributed by atoms with E-state index in [1.54, 1.807) is 24.3 Å². The predicted octanol–water partition coefficient (Wildman–Crippen LogP) is 5.30. The van der Waals surface area contributed by atoms with Crippen LogP contribution in [-0.2, 0) is 61.1 Å². The fourth-order valence-corrected chi connectivity index (χ4v) is 13.0. The molecule has 18 nitrogen and oxygen atoms in total. The third kappa shape index (κ3) is 11.0. The Bertz CT molecular complexity index is 2470. The van der Waals surface area contributed by atoms with Crippen LogP contribution in [-0.4, -0.2) is 100 Å². The SMILES string of the molecule is C=CC(=O)OCCNC(=O)Oc1c2c(c(OC(=O)NCCOC(=O)C=C)c3c1SC(=C(C(=O)OC)S(C)(=O)=O)S3)SC(=C1C(=O)N(Cc3ccccc3)N(Cc3ccccc3)C1=O)S2. The Morgan fingerprint density at radius 3 is 1.45 bits per heavy atom. The van der Waals surface area contributed by atoms with Crippen LogP contribution >= 0.6 is 47.0 Å². The van der Waals surface area contributed by atoms with Crippen LogP contribution in [0.25, 0.3) is 0 Å². The Morgan fingerprint density at radius 2 is 1.08 bits per heavy atom. The summed E-state index contributed by atoms with van der Waals surface area (Å²) < 4.78 is 52.4. The molecule has 0 saturated carbocycles. The van der Waals surface area contributed by atoms with Gasteiger partial charge < -0.3 is 34.3 Å². The molecule has 0 aromatic heterocycles. The van der Waals surface area contributed by atoms with Gasteiger partial charge in [-0.2, -0.15) is 0 Å². The van der Waals surface area contributed by atoms with Gasteiger partial charge in [-0.1, -0.05) is 121 Å². The zero-order valence-electron chi connectivity index (χ0n) is 33.7. The molecule has 4 amide bonds. The lowest BCUT2D eigenvalue weighted by Crippen LogP contribution is -2.39. The molecule has 3 aliphatic rings. The van der Waals surface area contributed by atoms with Crippen molar-refractivity contribution >= 4 is 98.8 Å². The normalized spacial score (nSPS) is 14.1. The van der Waals surface area contributed by atoms with Crippen molar-refractivity contribution in [1.29, 1.82) is 0 Å². The van der Waals surface area contributed by atoms with Crippen LogP contribution in [0, 0.1) is 0 Å². The van der Waals surface area contributed by atoms with Crippen molar-refractivity contribution in [2.75, 3.05) is 39.7 Å². The van der Waals surface area contributed by atoms with E-state index in [4.69, 9.17) is 23.7 Å². The van der Waals surface area contributed by atoms with Crippen molar-refractivity contribution in [2.24, 2.45) is 0 Å². The Labute approximate surface area is 383 Å². The average Bonchev–Trinajstić information content (AvgIpc) is 3.97. The van der Waals surface area contributed by atoms with Crippen molar-refractivity contribution in [2.45, 2.75) is 32.7 Å². The molecule has 1 fully saturated rings.